The van der Waals surface area contributed by atoms with Gasteiger partial charge in [0, 0.05) is 16.3 Å². The predicted octanol–water partition coefficient (Wildman–Crippen LogP) is 2.22. The molecular weight excluding hydrogens is 264 g/mol. The Kier molecular flexibility index (Phi) is 6.35. The number of carboxylic acids is 1. The standard InChI is InChI=1S/C13H20N2O3S/c1-3-10-4-5-11(19-10)8-15-13(18)14-7-6-9(2)12(16)17/h4-5,9H,3,6-8H2,1-2H3,(H,16,17)(H2,14,15,18). The monoisotopic (exact) mass is 284 g/mol. The molecule has 106 valence electrons. The van der Waals surface area contributed by atoms with Crippen molar-refractivity contribution in [3.8, 4) is 0 Å². The first-order valence-corrected chi connectivity index (χ1v) is 7.16. The van der Waals surface area contributed by atoms with E-state index in [1.807, 2.05) is 6.07 Å². The number of rotatable bonds is 7. The minimum atomic E-state index is -0.840. The first-order valence-electron chi connectivity index (χ1n) is 6.35. The highest BCUT2D eigenvalue weighted by atomic mass is 32.1. The molecule has 1 aromatic heterocycles. The molecule has 0 aliphatic heterocycles. The van der Waals surface area contributed by atoms with Crippen LogP contribution in [0.4, 0.5) is 4.79 Å². The van der Waals surface area contributed by atoms with Crippen molar-refractivity contribution in [2.45, 2.75) is 33.2 Å². The van der Waals surface area contributed by atoms with E-state index in [9.17, 15) is 9.59 Å². The van der Waals surface area contributed by atoms with Crippen LogP contribution in [0.15, 0.2) is 12.1 Å². The summed E-state index contributed by atoms with van der Waals surface area (Å²) < 4.78 is 0. The normalized spacial score (nSPS) is 11.9. The van der Waals surface area contributed by atoms with Crippen LogP contribution in [0.5, 0.6) is 0 Å². The number of urea groups is 1. The smallest absolute Gasteiger partial charge is 0.315 e. The second-order valence-electron chi connectivity index (χ2n) is 4.36. The molecule has 0 aliphatic carbocycles. The van der Waals surface area contributed by atoms with Crippen molar-refractivity contribution in [1.29, 1.82) is 0 Å². The van der Waals surface area contributed by atoms with Crippen molar-refractivity contribution in [2.24, 2.45) is 5.92 Å². The average molecular weight is 284 g/mol. The summed E-state index contributed by atoms with van der Waals surface area (Å²) in [7, 11) is 0. The fraction of sp³-hybridized carbons (Fsp3) is 0.538. The number of aryl methyl sites for hydroxylation is 1. The average Bonchev–Trinajstić information content (AvgIpc) is 2.84. The molecule has 5 nitrogen and oxygen atoms in total. The Bertz CT molecular complexity index is 431. The highest BCUT2D eigenvalue weighted by Gasteiger charge is 2.10. The number of thiophene rings is 1. The van der Waals surface area contributed by atoms with Crippen LogP contribution in [0.25, 0.3) is 0 Å². The van der Waals surface area contributed by atoms with Crippen molar-refractivity contribution in [3.63, 3.8) is 0 Å². The van der Waals surface area contributed by atoms with Crippen LogP contribution in [0, 0.1) is 5.92 Å². The largest absolute Gasteiger partial charge is 0.481 e. The van der Waals surface area contributed by atoms with Gasteiger partial charge in [-0.3, -0.25) is 4.79 Å². The molecule has 3 N–H and O–H groups in total. The fourth-order valence-electron chi connectivity index (χ4n) is 1.46. The highest BCUT2D eigenvalue weighted by Crippen LogP contribution is 2.16. The topological polar surface area (TPSA) is 78.4 Å². The van der Waals surface area contributed by atoms with E-state index in [1.54, 1.807) is 18.3 Å². The molecule has 0 saturated carbocycles. The molecule has 0 aromatic carbocycles. The van der Waals surface area contributed by atoms with Crippen LogP contribution in [0.1, 0.15) is 30.0 Å². The number of aliphatic carboxylic acids is 1. The van der Waals surface area contributed by atoms with Crippen LogP contribution in [0.3, 0.4) is 0 Å². The maximum absolute atomic E-state index is 11.5. The quantitative estimate of drug-likeness (QED) is 0.718. The van der Waals surface area contributed by atoms with Crippen molar-refractivity contribution in [2.75, 3.05) is 6.54 Å². The van der Waals surface area contributed by atoms with Gasteiger partial charge in [0.15, 0.2) is 0 Å². The van der Waals surface area contributed by atoms with E-state index >= 15 is 0 Å². The van der Waals surface area contributed by atoms with E-state index < -0.39 is 11.9 Å². The van der Waals surface area contributed by atoms with Crippen LogP contribution in [-0.2, 0) is 17.8 Å². The summed E-state index contributed by atoms with van der Waals surface area (Å²) >= 11 is 1.69. The number of carboxylic acid groups (broad SMARTS) is 1. The Morgan fingerprint density at radius 1 is 1.32 bits per heavy atom. The lowest BCUT2D eigenvalue weighted by Gasteiger charge is -2.08. The molecule has 19 heavy (non-hydrogen) atoms. The lowest BCUT2D eigenvalue weighted by atomic mass is 10.1. The van der Waals surface area contributed by atoms with Gasteiger partial charge < -0.3 is 15.7 Å². The van der Waals surface area contributed by atoms with E-state index in [4.69, 9.17) is 5.11 Å². The second-order valence-corrected chi connectivity index (χ2v) is 5.61. The van der Waals surface area contributed by atoms with Gasteiger partial charge in [0.2, 0.25) is 0 Å². The summed E-state index contributed by atoms with van der Waals surface area (Å²) in [5, 5.41) is 14.1. The van der Waals surface area contributed by atoms with Gasteiger partial charge >= 0.3 is 12.0 Å². The Morgan fingerprint density at radius 2 is 2.00 bits per heavy atom. The lowest BCUT2D eigenvalue weighted by Crippen LogP contribution is -2.36. The molecule has 1 atom stereocenters. The van der Waals surface area contributed by atoms with Gasteiger partial charge in [0.25, 0.3) is 0 Å². The van der Waals surface area contributed by atoms with E-state index in [-0.39, 0.29) is 6.03 Å². The Hall–Kier alpha value is -1.56. The van der Waals surface area contributed by atoms with Crippen LogP contribution < -0.4 is 10.6 Å². The van der Waals surface area contributed by atoms with Gasteiger partial charge in [-0.25, -0.2) is 4.79 Å². The summed E-state index contributed by atoms with van der Waals surface area (Å²) in [5.74, 6) is -1.28. The van der Waals surface area contributed by atoms with E-state index in [2.05, 4.69) is 23.6 Å². The van der Waals surface area contributed by atoms with E-state index in [1.165, 1.54) is 4.88 Å². The van der Waals surface area contributed by atoms with Crippen molar-refractivity contribution >= 4 is 23.3 Å². The number of hydrogen-bond donors (Lipinski definition) is 3. The zero-order valence-electron chi connectivity index (χ0n) is 11.2. The Morgan fingerprint density at radius 3 is 2.58 bits per heavy atom. The van der Waals surface area contributed by atoms with Crippen LogP contribution in [-0.4, -0.2) is 23.7 Å². The molecule has 1 rings (SSSR count). The molecule has 2 amide bonds. The zero-order valence-corrected chi connectivity index (χ0v) is 12.0. The second kappa shape index (κ2) is 7.78. The van der Waals surface area contributed by atoms with E-state index in [0.717, 1.165) is 11.3 Å². The molecule has 0 bridgehead atoms. The number of amides is 2. The van der Waals surface area contributed by atoms with Gasteiger partial charge in [0.1, 0.15) is 0 Å². The molecule has 1 aromatic rings. The fourth-order valence-corrected chi connectivity index (χ4v) is 2.36. The van der Waals surface area contributed by atoms with Gasteiger partial charge in [-0.05, 0) is 25.0 Å². The van der Waals surface area contributed by atoms with Gasteiger partial charge in [-0.1, -0.05) is 13.8 Å². The van der Waals surface area contributed by atoms with Crippen molar-refractivity contribution < 1.29 is 14.7 Å². The first-order chi connectivity index (χ1) is 9.02. The third kappa shape index (κ3) is 5.74. The third-order valence-electron chi connectivity index (χ3n) is 2.77. The van der Waals surface area contributed by atoms with Crippen molar-refractivity contribution in [1.82, 2.24) is 10.6 Å². The summed E-state index contributed by atoms with van der Waals surface area (Å²) in [6.45, 7) is 4.59. The predicted molar refractivity (Wildman–Crippen MR) is 75.4 cm³/mol. The van der Waals surface area contributed by atoms with Crippen molar-refractivity contribution in [3.05, 3.63) is 21.9 Å². The molecule has 6 heteroatoms. The minimum Gasteiger partial charge on any atom is -0.481 e. The molecule has 0 spiro atoms. The zero-order chi connectivity index (χ0) is 14.3. The minimum absolute atomic E-state index is 0.260. The molecule has 0 saturated heterocycles. The van der Waals surface area contributed by atoms with E-state index in [0.29, 0.717) is 19.5 Å². The summed E-state index contributed by atoms with van der Waals surface area (Å²) in [5.41, 5.74) is 0. The first kappa shape index (κ1) is 15.5. The van der Waals surface area contributed by atoms with Crippen LogP contribution in [0.2, 0.25) is 0 Å². The third-order valence-corrected chi connectivity index (χ3v) is 4.00. The van der Waals surface area contributed by atoms with Gasteiger partial charge in [-0.15, -0.1) is 11.3 Å². The number of nitrogens with one attached hydrogen (secondary N) is 2. The summed E-state index contributed by atoms with van der Waals surface area (Å²) in [4.78, 5) is 24.5. The Labute approximate surface area is 117 Å². The highest BCUT2D eigenvalue weighted by molar-refractivity contribution is 7.11. The van der Waals surface area contributed by atoms with Crippen LogP contribution >= 0.6 is 11.3 Å². The summed E-state index contributed by atoms with van der Waals surface area (Å²) in [6.07, 6.45) is 1.44. The molecule has 0 fully saturated rings. The van der Waals surface area contributed by atoms with Gasteiger partial charge in [-0.2, -0.15) is 0 Å². The number of carbonyl (C=O) groups is 2. The number of carbonyl (C=O) groups excluding carboxylic acids is 1. The molecular formula is C13H20N2O3S. The molecule has 0 radical (unpaired) electrons. The SMILES string of the molecule is CCc1ccc(CNC(=O)NCCC(C)C(=O)O)s1. The lowest BCUT2D eigenvalue weighted by molar-refractivity contribution is -0.141. The summed E-state index contributed by atoms with van der Waals surface area (Å²) in [6, 6.07) is 3.81. The molecule has 0 aliphatic rings. The molecule has 1 unspecified atom stereocenters. The maximum atomic E-state index is 11.5. The Balaban J connectivity index is 2.19. The number of hydrogen-bond acceptors (Lipinski definition) is 3. The molecule has 1 heterocycles. The maximum Gasteiger partial charge on any atom is 0.315 e. The van der Waals surface area contributed by atoms with Gasteiger partial charge in [0.05, 0.1) is 12.5 Å².